The van der Waals surface area contributed by atoms with Crippen LogP contribution in [0.4, 0.5) is 18.3 Å². The monoisotopic (exact) mass is 1140 g/mol. The molecule has 27 heteroatoms. The Morgan fingerprint density at radius 3 is 1.68 bits per heavy atom. The van der Waals surface area contributed by atoms with E-state index >= 15 is 0 Å². The number of ketones is 1. The third-order valence-corrected chi connectivity index (χ3v) is 10.2. The largest absolute Gasteiger partial charge is 0.491 e. The van der Waals surface area contributed by atoms with Gasteiger partial charge in [-0.2, -0.15) is 5.10 Å². The summed E-state index contributed by atoms with van der Waals surface area (Å²) >= 11 is -0.198. The number of nitrogens with one attached hydrogen (secondary N) is 6. The number of rotatable bonds is 25. The second-order valence-electron chi connectivity index (χ2n) is 20.8. The van der Waals surface area contributed by atoms with Gasteiger partial charge in [0.25, 0.3) is 0 Å². The number of carbonyl (C=O) groups is 8. The van der Waals surface area contributed by atoms with Gasteiger partial charge in [0.05, 0.1) is 31.6 Å². The average Bonchev–Trinajstić information content (AvgIpc) is 3.33. The summed E-state index contributed by atoms with van der Waals surface area (Å²) in [5.41, 5.74) is 4.86. The highest BCUT2D eigenvalue weighted by Crippen LogP contribution is 2.40. The predicted octanol–water partition coefficient (Wildman–Crippen LogP) is 4.63. The van der Waals surface area contributed by atoms with Gasteiger partial charge in [-0.25, -0.2) is 14.4 Å². The van der Waals surface area contributed by atoms with Gasteiger partial charge >= 0.3 is 24.2 Å². The Morgan fingerprint density at radius 1 is 0.785 bits per heavy atom. The van der Waals surface area contributed by atoms with Crippen LogP contribution in [0.25, 0.3) is 11.1 Å². The smallest absolute Gasteiger partial charge is 0.407 e. The molecule has 0 aliphatic heterocycles. The van der Waals surface area contributed by atoms with E-state index < -0.39 is 71.8 Å². The van der Waals surface area contributed by atoms with Crippen molar-refractivity contribution in [2.24, 2.45) is 28.5 Å². The van der Waals surface area contributed by atoms with Crippen LogP contribution in [-0.2, 0) is 44.6 Å². The number of nitrogens with two attached hydrogens (primary N) is 2. The van der Waals surface area contributed by atoms with Crippen LogP contribution < -0.4 is 52.4 Å². The van der Waals surface area contributed by atoms with E-state index in [4.69, 9.17) is 40.4 Å². The van der Waals surface area contributed by atoms with Gasteiger partial charge in [-0.1, -0.05) is 32.9 Å². The number of carbonyl (C=O) groups excluding carboxylic acids is 7. The van der Waals surface area contributed by atoms with Crippen molar-refractivity contribution in [1.29, 1.82) is 0 Å². The number of amidine groups is 1. The van der Waals surface area contributed by atoms with E-state index in [-0.39, 0.29) is 92.1 Å². The molecule has 446 valence electrons. The van der Waals surface area contributed by atoms with Gasteiger partial charge in [0.15, 0.2) is 24.0 Å². The normalized spacial score (nSPS) is 12.9. The highest BCUT2D eigenvalue weighted by atomic mass is 32.2. The third kappa shape index (κ3) is 30.0. The maximum Gasteiger partial charge on any atom is 0.407 e. The van der Waals surface area contributed by atoms with E-state index in [2.05, 4.69) is 31.7 Å². The quantitative estimate of drug-likeness (QED) is 0.00946. The van der Waals surface area contributed by atoms with E-state index in [9.17, 15) is 47.3 Å². The molecule has 25 nitrogen and oxygen atoms in total. The summed E-state index contributed by atoms with van der Waals surface area (Å²) in [6.45, 7) is 24.5. The van der Waals surface area contributed by atoms with Crippen molar-refractivity contribution < 1.29 is 76.1 Å². The SMILES string of the molecule is CC(C)C(=O)[C@H](C)NC(=O)C(c1ccc(OCCNC(=O)OC(C)(C)C)c(-c2cc(CC(C)C(=O)O)ccc2OCCNC(=O)OC(C)(C)C)c1)N(C)C(=O)CNC=O.CCNC(=O)OC(C)(C)C.NCC(O)/C(=N/N)NSF. The molecular weight excluding hydrogens is 1060 g/mol. The number of aliphatic hydroxyl groups is 1. The molecule has 0 heterocycles. The second kappa shape index (κ2) is 35.4. The molecule has 0 aromatic heterocycles. The lowest BCUT2D eigenvalue weighted by atomic mass is 9.93. The molecule has 79 heavy (non-hydrogen) atoms. The van der Waals surface area contributed by atoms with Crippen molar-refractivity contribution >= 4 is 66.4 Å². The summed E-state index contributed by atoms with van der Waals surface area (Å²) in [7, 11) is 1.39. The molecule has 0 aliphatic rings. The van der Waals surface area contributed by atoms with Crippen molar-refractivity contribution in [2.45, 2.75) is 138 Å². The molecule has 0 saturated heterocycles. The standard InChI is InChI=1S/C42H61N5O12.C7H15NO2.C3H9FN4OS/c1-25(2)36(50)27(4)46-37(51)35(47(11)34(49)23-43-24-48)29-13-15-33(57-19-17-45-40(55)59-42(8,9)10)31(22-29)30-21-28(20-26(3)38(52)53)12-14-32(30)56-18-16-44-39(54)58-41(5,6)7;1-5-8-6(9)10-7(2,3)4;4-10-8-3(7-6)2(9)1-5/h12-15,21-22,24-27,35H,16-20,23H2,1-11H3,(H,43,48)(H,44,54)(H,45,55)(H,46,51)(H,52,53);5H2,1-4H3,(H,8,9);2,9H,1,5-6H2,(H,7,8)/t26?,27-,35?;;/m0../s1. The Bertz CT molecular complexity index is 2320. The van der Waals surface area contributed by atoms with Crippen LogP contribution >= 0.6 is 12.3 Å². The van der Waals surface area contributed by atoms with Crippen LogP contribution in [0.2, 0.25) is 0 Å². The van der Waals surface area contributed by atoms with Crippen molar-refractivity contribution in [3.63, 3.8) is 0 Å². The van der Waals surface area contributed by atoms with Gasteiger partial charge in [-0.3, -0.25) is 28.7 Å². The number of Topliss-reactive ketones (excluding diaryl/α,β-unsaturated/α-hetero) is 1. The first kappa shape index (κ1) is 71.9. The Labute approximate surface area is 467 Å². The molecule has 0 fully saturated rings. The van der Waals surface area contributed by atoms with Crippen LogP contribution in [0.1, 0.15) is 114 Å². The van der Waals surface area contributed by atoms with Crippen molar-refractivity contribution in [2.75, 3.05) is 53.0 Å². The van der Waals surface area contributed by atoms with Gasteiger partial charge in [0.1, 0.15) is 53.7 Å². The number of carboxylic acids is 1. The fraction of sp³-hybridized carbons (Fsp3) is 0.596. The van der Waals surface area contributed by atoms with E-state index in [0.717, 1.165) is 4.90 Å². The minimum atomic E-state index is -1.32. The Hall–Kier alpha value is -7.13. The summed E-state index contributed by atoms with van der Waals surface area (Å²) in [5.74, 6) is 1.60. The molecule has 0 saturated carbocycles. The van der Waals surface area contributed by atoms with Crippen LogP contribution in [0, 0.1) is 11.8 Å². The number of alkyl carbamates (subject to hydrolysis) is 3. The highest BCUT2D eigenvalue weighted by Gasteiger charge is 2.32. The van der Waals surface area contributed by atoms with Crippen LogP contribution in [0.15, 0.2) is 41.5 Å². The number of nitrogens with zero attached hydrogens (tertiary/aromatic N) is 2. The fourth-order valence-corrected chi connectivity index (χ4v) is 6.66. The maximum absolute atomic E-state index is 14.1. The number of hydrogen-bond donors (Lipinski definition) is 10. The second-order valence-corrected chi connectivity index (χ2v) is 21.1. The molecule has 4 atom stereocenters. The zero-order valence-electron chi connectivity index (χ0n) is 48.1. The summed E-state index contributed by atoms with van der Waals surface area (Å²) in [6, 6.07) is 7.62. The van der Waals surface area contributed by atoms with E-state index in [1.165, 1.54) is 7.05 Å². The van der Waals surface area contributed by atoms with Gasteiger partial charge < -0.3 is 77.0 Å². The number of likely N-dealkylation sites (N-methyl/N-ethyl adjacent to an activating group) is 1. The maximum atomic E-state index is 14.1. The lowest BCUT2D eigenvalue weighted by Crippen LogP contribution is -2.48. The lowest BCUT2D eigenvalue weighted by Gasteiger charge is -2.30. The van der Waals surface area contributed by atoms with Crippen molar-refractivity contribution in [3.8, 4) is 22.6 Å². The van der Waals surface area contributed by atoms with E-state index in [1.807, 2.05) is 32.4 Å². The number of halogens is 1. The first-order chi connectivity index (χ1) is 36.6. The van der Waals surface area contributed by atoms with E-state index in [1.54, 1.807) is 106 Å². The minimum absolute atomic E-state index is 0.0133. The van der Waals surface area contributed by atoms with Crippen LogP contribution in [0.5, 0.6) is 11.5 Å². The first-order valence-corrected chi connectivity index (χ1v) is 26.0. The summed E-state index contributed by atoms with van der Waals surface area (Å²) < 4.78 is 41.4. The number of benzene rings is 2. The zero-order chi connectivity index (χ0) is 60.8. The number of aliphatic hydroxyl groups excluding tert-OH is 1. The summed E-state index contributed by atoms with van der Waals surface area (Å²) in [5, 5.41) is 34.5. The fourth-order valence-electron chi connectivity index (χ4n) is 6.39. The Balaban J connectivity index is 0.00000254. The molecule has 3 unspecified atom stereocenters. The molecule has 0 spiro atoms. The number of carboxylic acid groups (broad SMARTS) is 1. The summed E-state index contributed by atoms with van der Waals surface area (Å²) in [6.07, 6.45) is -2.17. The van der Waals surface area contributed by atoms with Crippen molar-refractivity contribution in [1.82, 2.24) is 36.2 Å². The molecule has 2 rings (SSSR count). The van der Waals surface area contributed by atoms with Gasteiger partial charge in [0.2, 0.25) is 18.2 Å². The van der Waals surface area contributed by atoms with Gasteiger partial charge in [-0.05, 0) is 118 Å². The molecule has 12 N–H and O–H groups in total. The van der Waals surface area contributed by atoms with Gasteiger partial charge in [0, 0.05) is 37.2 Å². The molecule has 2 aromatic carbocycles. The molecule has 2 aromatic rings. The number of aliphatic carboxylic acids is 1. The lowest BCUT2D eigenvalue weighted by molar-refractivity contribution is -0.141. The Morgan fingerprint density at radius 2 is 1.27 bits per heavy atom. The predicted molar refractivity (Wildman–Crippen MR) is 297 cm³/mol. The zero-order valence-corrected chi connectivity index (χ0v) is 48.9. The molecular formula is C52H85FN10O15S. The minimum Gasteiger partial charge on any atom is -0.491 e. The van der Waals surface area contributed by atoms with Gasteiger partial charge in [-0.15, -0.1) is 3.89 Å². The molecule has 0 bridgehead atoms. The number of ether oxygens (including phenoxy) is 5. The first-order valence-electron chi connectivity index (χ1n) is 25.3. The van der Waals surface area contributed by atoms with E-state index in [0.29, 0.717) is 35.4 Å². The molecule has 6 amide bonds. The highest BCUT2D eigenvalue weighted by molar-refractivity contribution is 7.92. The van der Waals surface area contributed by atoms with Crippen LogP contribution in [0.3, 0.4) is 0 Å². The average molecular weight is 1140 g/mol. The topological polar surface area (TPSA) is 363 Å². The molecule has 0 aliphatic carbocycles. The van der Waals surface area contributed by atoms with Crippen molar-refractivity contribution in [3.05, 3.63) is 47.5 Å². The number of amides is 6. The number of hydrazone groups is 1. The number of hydrogen-bond acceptors (Lipinski definition) is 18. The molecule has 0 radical (unpaired) electrons. The summed E-state index contributed by atoms with van der Waals surface area (Å²) in [4.78, 5) is 99.6. The third-order valence-electron chi connectivity index (χ3n) is 9.93. The Kier molecular flexibility index (Phi) is 32.2. The van der Waals surface area contributed by atoms with Crippen LogP contribution in [-0.4, -0.2) is 151 Å².